The Morgan fingerprint density at radius 2 is 1.76 bits per heavy atom. The molecule has 5 nitrogen and oxygen atoms in total. The molecule has 29 heavy (non-hydrogen) atoms. The quantitative estimate of drug-likeness (QED) is 0.784. The number of benzene rings is 2. The topological polar surface area (TPSA) is 44.8 Å². The van der Waals surface area contributed by atoms with Gasteiger partial charge in [0.25, 0.3) is 5.91 Å². The Hall–Kier alpha value is -2.53. The highest BCUT2D eigenvalue weighted by molar-refractivity contribution is 5.77. The van der Waals surface area contributed by atoms with E-state index in [1.165, 1.54) is 49.2 Å². The van der Waals surface area contributed by atoms with E-state index in [9.17, 15) is 4.79 Å². The Labute approximate surface area is 173 Å². The van der Waals surface area contributed by atoms with E-state index < -0.39 is 0 Å². The van der Waals surface area contributed by atoms with Crippen LogP contribution in [0.1, 0.15) is 36.0 Å². The molecule has 0 atom stereocenters. The summed E-state index contributed by atoms with van der Waals surface area (Å²) in [5.41, 5.74) is 5.11. The van der Waals surface area contributed by atoms with Crippen LogP contribution >= 0.6 is 0 Å². The van der Waals surface area contributed by atoms with Crippen molar-refractivity contribution in [3.63, 3.8) is 0 Å². The summed E-state index contributed by atoms with van der Waals surface area (Å²) < 4.78 is 5.65. The molecule has 2 aliphatic heterocycles. The highest BCUT2D eigenvalue weighted by atomic mass is 16.5. The molecule has 0 aromatic heterocycles. The molecule has 2 heterocycles. The third-order valence-corrected chi connectivity index (χ3v) is 5.88. The minimum Gasteiger partial charge on any atom is -0.484 e. The number of anilines is 1. The van der Waals surface area contributed by atoms with Gasteiger partial charge in [-0.25, -0.2) is 0 Å². The van der Waals surface area contributed by atoms with E-state index in [0.717, 1.165) is 30.8 Å². The number of fused-ring (bicyclic) bond motifs is 1. The van der Waals surface area contributed by atoms with Gasteiger partial charge in [-0.05, 0) is 73.7 Å². The standard InChI is InChI=1S/C24H31N3O2/c1-26-12-4-5-21-15-20(8-11-23(21)26)16-25-24(28)18-29-22-9-6-19(7-10-22)17-27-13-2-3-14-27/h6-11,15H,2-5,12-14,16-18H2,1H3,(H,25,28). The summed E-state index contributed by atoms with van der Waals surface area (Å²) in [5.74, 6) is 0.642. The third-order valence-electron chi connectivity index (χ3n) is 5.88. The van der Waals surface area contributed by atoms with Gasteiger partial charge in [0.2, 0.25) is 0 Å². The van der Waals surface area contributed by atoms with E-state index in [2.05, 4.69) is 52.5 Å². The second-order valence-electron chi connectivity index (χ2n) is 8.18. The maximum atomic E-state index is 12.2. The third kappa shape index (κ3) is 5.30. The fraction of sp³-hybridized carbons (Fsp3) is 0.458. The first-order chi connectivity index (χ1) is 14.2. The summed E-state index contributed by atoms with van der Waals surface area (Å²) >= 11 is 0. The first kappa shape index (κ1) is 19.8. The van der Waals surface area contributed by atoms with Crippen LogP contribution in [0.15, 0.2) is 42.5 Å². The van der Waals surface area contributed by atoms with E-state index in [0.29, 0.717) is 6.54 Å². The summed E-state index contributed by atoms with van der Waals surface area (Å²) in [6.07, 6.45) is 4.90. The van der Waals surface area contributed by atoms with Gasteiger partial charge in [-0.1, -0.05) is 24.3 Å². The molecule has 1 N–H and O–H groups in total. The lowest BCUT2D eigenvalue weighted by atomic mass is 9.99. The van der Waals surface area contributed by atoms with Crippen LogP contribution in [0.25, 0.3) is 0 Å². The number of nitrogens with one attached hydrogen (secondary N) is 1. The Morgan fingerprint density at radius 3 is 2.55 bits per heavy atom. The first-order valence-electron chi connectivity index (χ1n) is 10.7. The number of aryl methyl sites for hydroxylation is 1. The number of hydrogen-bond acceptors (Lipinski definition) is 4. The second-order valence-corrected chi connectivity index (χ2v) is 8.18. The number of carbonyl (C=O) groups is 1. The molecule has 0 unspecified atom stereocenters. The van der Waals surface area contributed by atoms with Crippen molar-refractivity contribution in [2.75, 3.05) is 38.2 Å². The van der Waals surface area contributed by atoms with Crippen molar-refractivity contribution < 1.29 is 9.53 Å². The smallest absolute Gasteiger partial charge is 0.258 e. The van der Waals surface area contributed by atoms with Crippen LogP contribution < -0.4 is 15.0 Å². The monoisotopic (exact) mass is 393 g/mol. The van der Waals surface area contributed by atoms with Gasteiger partial charge in [-0.3, -0.25) is 9.69 Å². The SMILES string of the molecule is CN1CCCc2cc(CNC(=O)COc3ccc(CN4CCCC4)cc3)ccc21. The zero-order chi connectivity index (χ0) is 20.1. The molecular weight excluding hydrogens is 362 g/mol. The zero-order valence-corrected chi connectivity index (χ0v) is 17.3. The molecule has 0 spiro atoms. The lowest BCUT2D eigenvalue weighted by Crippen LogP contribution is -2.29. The molecule has 5 heteroatoms. The normalized spacial score (nSPS) is 16.5. The molecule has 1 amide bonds. The Morgan fingerprint density at radius 1 is 1.00 bits per heavy atom. The molecule has 0 saturated carbocycles. The fourth-order valence-electron chi connectivity index (χ4n) is 4.24. The highest BCUT2D eigenvalue weighted by Crippen LogP contribution is 2.26. The van der Waals surface area contributed by atoms with E-state index in [1.54, 1.807) is 0 Å². The van der Waals surface area contributed by atoms with Crippen LogP contribution in [0, 0.1) is 0 Å². The summed E-state index contributed by atoms with van der Waals surface area (Å²) in [4.78, 5) is 16.9. The lowest BCUT2D eigenvalue weighted by molar-refractivity contribution is -0.123. The number of rotatable bonds is 7. The molecule has 2 aromatic rings. The highest BCUT2D eigenvalue weighted by Gasteiger charge is 2.14. The van der Waals surface area contributed by atoms with Crippen molar-refractivity contribution in [2.24, 2.45) is 0 Å². The number of nitrogens with zero attached hydrogens (tertiary/aromatic N) is 2. The van der Waals surface area contributed by atoms with E-state index >= 15 is 0 Å². The number of likely N-dealkylation sites (tertiary alicyclic amines) is 1. The van der Waals surface area contributed by atoms with Crippen molar-refractivity contribution in [1.29, 1.82) is 0 Å². The van der Waals surface area contributed by atoms with Crippen molar-refractivity contribution in [3.8, 4) is 5.75 Å². The molecular formula is C24H31N3O2. The molecule has 2 aliphatic rings. The van der Waals surface area contributed by atoms with Crippen LogP contribution in [-0.2, 0) is 24.3 Å². The summed E-state index contributed by atoms with van der Waals surface area (Å²) in [6.45, 7) is 5.07. The maximum absolute atomic E-state index is 12.2. The van der Waals surface area contributed by atoms with Crippen molar-refractivity contribution in [3.05, 3.63) is 59.2 Å². The zero-order valence-electron chi connectivity index (χ0n) is 17.3. The average molecular weight is 394 g/mol. The number of hydrogen-bond donors (Lipinski definition) is 1. The molecule has 154 valence electrons. The molecule has 4 rings (SSSR count). The Bertz CT molecular complexity index is 829. The van der Waals surface area contributed by atoms with Crippen molar-refractivity contribution >= 4 is 11.6 Å². The van der Waals surface area contributed by atoms with Crippen LogP contribution in [0.3, 0.4) is 0 Å². The number of ether oxygens (including phenoxy) is 1. The molecule has 0 bridgehead atoms. The van der Waals surface area contributed by atoms with Crippen molar-refractivity contribution in [2.45, 2.75) is 38.8 Å². The van der Waals surface area contributed by atoms with Crippen LogP contribution in [0.5, 0.6) is 5.75 Å². The predicted octanol–water partition coefficient (Wildman–Crippen LogP) is 3.36. The molecule has 1 saturated heterocycles. The van der Waals surface area contributed by atoms with Gasteiger partial charge >= 0.3 is 0 Å². The molecule has 2 aromatic carbocycles. The minimum atomic E-state index is -0.0963. The van der Waals surface area contributed by atoms with Crippen LogP contribution in [0.2, 0.25) is 0 Å². The Balaban J connectivity index is 1.22. The van der Waals surface area contributed by atoms with E-state index in [1.807, 2.05) is 12.1 Å². The minimum absolute atomic E-state index is 0.0408. The largest absolute Gasteiger partial charge is 0.484 e. The summed E-state index contributed by atoms with van der Waals surface area (Å²) in [6, 6.07) is 14.6. The number of amides is 1. The summed E-state index contributed by atoms with van der Waals surface area (Å²) in [7, 11) is 2.13. The van der Waals surface area contributed by atoms with E-state index in [4.69, 9.17) is 4.74 Å². The Kier molecular flexibility index (Phi) is 6.35. The summed E-state index contributed by atoms with van der Waals surface area (Å²) in [5, 5.41) is 2.96. The predicted molar refractivity (Wildman–Crippen MR) is 116 cm³/mol. The van der Waals surface area contributed by atoms with Gasteiger partial charge in [0.05, 0.1) is 0 Å². The van der Waals surface area contributed by atoms with Crippen LogP contribution in [-0.4, -0.2) is 44.1 Å². The van der Waals surface area contributed by atoms with Gasteiger partial charge in [0, 0.05) is 32.4 Å². The van der Waals surface area contributed by atoms with Gasteiger partial charge in [-0.15, -0.1) is 0 Å². The van der Waals surface area contributed by atoms with Gasteiger partial charge < -0.3 is 15.0 Å². The number of carbonyl (C=O) groups excluding carboxylic acids is 1. The molecule has 1 fully saturated rings. The first-order valence-corrected chi connectivity index (χ1v) is 10.7. The maximum Gasteiger partial charge on any atom is 0.258 e. The van der Waals surface area contributed by atoms with Gasteiger partial charge in [0.1, 0.15) is 5.75 Å². The fourth-order valence-corrected chi connectivity index (χ4v) is 4.24. The van der Waals surface area contributed by atoms with Gasteiger partial charge in [-0.2, -0.15) is 0 Å². The van der Waals surface area contributed by atoms with E-state index in [-0.39, 0.29) is 12.5 Å². The van der Waals surface area contributed by atoms with Crippen LogP contribution in [0.4, 0.5) is 5.69 Å². The molecule has 0 aliphatic carbocycles. The second kappa shape index (κ2) is 9.31. The lowest BCUT2D eigenvalue weighted by Gasteiger charge is -2.27. The van der Waals surface area contributed by atoms with Gasteiger partial charge in [0.15, 0.2) is 6.61 Å². The average Bonchev–Trinajstić information content (AvgIpc) is 3.25. The molecule has 0 radical (unpaired) electrons. The van der Waals surface area contributed by atoms with Crippen molar-refractivity contribution in [1.82, 2.24) is 10.2 Å².